The molecule has 0 radical (unpaired) electrons. The van der Waals surface area contributed by atoms with E-state index < -0.39 is 0 Å². The molecule has 0 fully saturated rings. The molecule has 0 aliphatic heterocycles. The lowest BCUT2D eigenvalue weighted by Gasteiger charge is -2.17. The lowest BCUT2D eigenvalue weighted by atomic mass is 10.4. The van der Waals surface area contributed by atoms with E-state index in [1.807, 2.05) is 31.2 Å². The minimum absolute atomic E-state index is 0.0233. The Morgan fingerprint density at radius 1 is 1.33 bits per heavy atom. The average Bonchev–Trinajstić information content (AvgIpc) is 2.95. The summed E-state index contributed by atoms with van der Waals surface area (Å²) in [6.45, 7) is 5.15. The van der Waals surface area contributed by atoms with E-state index in [9.17, 15) is 0 Å². The highest BCUT2D eigenvalue weighted by Gasteiger charge is 2.12. The Morgan fingerprint density at radius 3 is 2.86 bits per heavy atom. The maximum Gasteiger partial charge on any atom is 0.234 e. The van der Waals surface area contributed by atoms with E-state index in [0.29, 0.717) is 19.0 Å². The molecule has 2 aromatic rings. The monoisotopic (exact) mass is 308 g/mol. The van der Waals surface area contributed by atoms with Gasteiger partial charge in [0.05, 0.1) is 31.2 Å². The Labute approximate surface area is 128 Å². The third-order valence-electron chi connectivity index (χ3n) is 2.95. The van der Waals surface area contributed by atoms with E-state index in [4.69, 9.17) is 9.47 Å². The molecular formula is C14H20N4O2S. The molecule has 0 aliphatic carbocycles. The van der Waals surface area contributed by atoms with Crippen molar-refractivity contribution in [3.8, 4) is 5.88 Å². The summed E-state index contributed by atoms with van der Waals surface area (Å²) in [4.78, 5) is 15.1. The molecule has 0 saturated carbocycles. The van der Waals surface area contributed by atoms with Gasteiger partial charge in [-0.3, -0.25) is 4.98 Å². The van der Waals surface area contributed by atoms with Gasteiger partial charge in [-0.2, -0.15) is 4.98 Å². The summed E-state index contributed by atoms with van der Waals surface area (Å²) in [5, 5.41) is 3.02. The van der Waals surface area contributed by atoms with Crippen LogP contribution in [-0.4, -0.2) is 35.7 Å². The summed E-state index contributed by atoms with van der Waals surface area (Å²) in [5.74, 6) is 1.30. The Morgan fingerprint density at radius 2 is 2.14 bits per heavy atom. The van der Waals surface area contributed by atoms with Crippen molar-refractivity contribution in [3.05, 3.63) is 28.5 Å². The van der Waals surface area contributed by atoms with E-state index in [1.165, 1.54) is 0 Å². The number of hydrogen-bond acceptors (Lipinski definition) is 7. The van der Waals surface area contributed by atoms with Crippen molar-refractivity contribution in [1.82, 2.24) is 15.0 Å². The Kier molecular flexibility index (Phi) is 5.46. The minimum atomic E-state index is 0.0233. The number of thiazole rings is 1. The number of methoxy groups -OCH3 is 1. The smallest absolute Gasteiger partial charge is 0.234 e. The van der Waals surface area contributed by atoms with Gasteiger partial charge in [0.2, 0.25) is 5.88 Å². The van der Waals surface area contributed by atoms with Gasteiger partial charge in [-0.15, -0.1) is 11.3 Å². The van der Waals surface area contributed by atoms with Gasteiger partial charge in [0.15, 0.2) is 5.82 Å². The number of rotatable bonds is 7. The molecule has 0 spiro atoms. The number of ether oxygens (including phenoxy) is 2. The summed E-state index contributed by atoms with van der Waals surface area (Å²) in [7, 11) is 3.64. The van der Waals surface area contributed by atoms with Gasteiger partial charge < -0.3 is 14.4 Å². The predicted octanol–water partition coefficient (Wildman–Crippen LogP) is 2.68. The predicted molar refractivity (Wildman–Crippen MR) is 82.8 cm³/mol. The lowest BCUT2D eigenvalue weighted by Crippen LogP contribution is -2.18. The second-order valence-electron chi connectivity index (χ2n) is 4.56. The van der Waals surface area contributed by atoms with Gasteiger partial charge in [-0.25, -0.2) is 4.98 Å². The van der Waals surface area contributed by atoms with Crippen molar-refractivity contribution in [2.45, 2.75) is 26.5 Å². The zero-order valence-electron chi connectivity index (χ0n) is 12.7. The van der Waals surface area contributed by atoms with Gasteiger partial charge in [-0.05, 0) is 13.8 Å². The van der Waals surface area contributed by atoms with Gasteiger partial charge in [0, 0.05) is 19.5 Å². The largest absolute Gasteiger partial charge is 0.477 e. The van der Waals surface area contributed by atoms with Crippen LogP contribution < -0.4 is 9.64 Å². The number of aromatic nitrogens is 3. The van der Waals surface area contributed by atoms with Crippen LogP contribution in [0.1, 0.15) is 30.7 Å². The molecule has 114 valence electrons. The van der Waals surface area contributed by atoms with Crippen molar-refractivity contribution in [1.29, 1.82) is 0 Å². The molecule has 2 aromatic heterocycles. The van der Waals surface area contributed by atoms with Crippen LogP contribution in [0.5, 0.6) is 5.88 Å². The summed E-state index contributed by atoms with van der Waals surface area (Å²) in [6.07, 6.45) is 3.35. The summed E-state index contributed by atoms with van der Waals surface area (Å²) < 4.78 is 10.6. The third kappa shape index (κ3) is 4.12. The zero-order valence-corrected chi connectivity index (χ0v) is 13.6. The van der Waals surface area contributed by atoms with Crippen LogP contribution in [0, 0.1) is 0 Å². The first-order valence-electron chi connectivity index (χ1n) is 6.77. The first-order chi connectivity index (χ1) is 10.1. The van der Waals surface area contributed by atoms with Crippen LogP contribution in [0.4, 0.5) is 5.82 Å². The Balaban J connectivity index is 2.05. The third-order valence-corrected chi connectivity index (χ3v) is 4.01. The van der Waals surface area contributed by atoms with Crippen LogP contribution in [0.2, 0.25) is 0 Å². The van der Waals surface area contributed by atoms with Gasteiger partial charge in [0.1, 0.15) is 11.1 Å². The molecule has 6 nitrogen and oxygen atoms in total. The van der Waals surface area contributed by atoms with Gasteiger partial charge in [-0.1, -0.05) is 0 Å². The van der Waals surface area contributed by atoms with E-state index >= 15 is 0 Å². The van der Waals surface area contributed by atoms with E-state index in [1.54, 1.807) is 30.8 Å². The highest BCUT2D eigenvalue weighted by molar-refractivity contribution is 7.09. The molecule has 0 amide bonds. The molecule has 0 aliphatic rings. The molecule has 1 atom stereocenters. The first-order valence-corrected chi connectivity index (χ1v) is 7.65. The summed E-state index contributed by atoms with van der Waals surface area (Å²) in [5.41, 5.74) is 0.991. The highest BCUT2D eigenvalue weighted by atomic mass is 32.1. The highest BCUT2D eigenvalue weighted by Crippen LogP contribution is 2.22. The first kappa shape index (κ1) is 15.7. The van der Waals surface area contributed by atoms with Crippen LogP contribution in [0.15, 0.2) is 17.8 Å². The van der Waals surface area contributed by atoms with Crippen molar-refractivity contribution >= 4 is 17.2 Å². The Bertz CT molecular complexity index is 576. The van der Waals surface area contributed by atoms with Gasteiger partial charge >= 0.3 is 0 Å². The number of nitrogens with zero attached hydrogens (tertiary/aromatic N) is 4. The molecular weight excluding hydrogens is 288 g/mol. The second kappa shape index (κ2) is 7.33. The molecule has 0 unspecified atom stereocenters. The number of hydrogen-bond donors (Lipinski definition) is 0. The maximum absolute atomic E-state index is 5.37. The number of anilines is 1. The minimum Gasteiger partial charge on any atom is -0.477 e. The fourth-order valence-electron chi connectivity index (χ4n) is 1.75. The van der Waals surface area contributed by atoms with E-state index in [2.05, 4.69) is 15.0 Å². The fraction of sp³-hybridized carbons (Fsp3) is 0.500. The fourth-order valence-corrected chi connectivity index (χ4v) is 2.59. The average molecular weight is 308 g/mol. The van der Waals surface area contributed by atoms with Gasteiger partial charge in [0.25, 0.3) is 0 Å². The topological polar surface area (TPSA) is 60.4 Å². The maximum atomic E-state index is 5.37. The summed E-state index contributed by atoms with van der Waals surface area (Å²) >= 11 is 1.61. The van der Waals surface area contributed by atoms with Crippen LogP contribution in [0.3, 0.4) is 0 Å². The normalized spacial score (nSPS) is 12.2. The molecule has 0 aromatic carbocycles. The summed E-state index contributed by atoms with van der Waals surface area (Å²) in [6, 6.07) is 0. The Hall–Kier alpha value is -1.73. The van der Waals surface area contributed by atoms with E-state index in [-0.39, 0.29) is 6.10 Å². The van der Waals surface area contributed by atoms with Crippen LogP contribution in [0.25, 0.3) is 0 Å². The van der Waals surface area contributed by atoms with Crippen molar-refractivity contribution in [2.75, 3.05) is 25.7 Å². The standard InChI is InChI=1S/C14H20N4O2S/c1-5-20-13-7-15-6-12(17-13)18(3)8-11-9-21-14(16-11)10(2)19-4/h6-7,9-10H,5,8H2,1-4H3/t10-/m1/s1. The van der Waals surface area contributed by atoms with Crippen molar-refractivity contribution < 1.29 is 9.47 Å². The quantitative estimate of drug-likeness (QED) is 0.784. The van der Waals surface area contributed by atoms with Crippen molar-refractivity contribution in [2.24, 2.45) is 0 Å². The SMILES string of the molecule is CCOc1cncc(N(C)Cc2csc([C@@H](C)OC)n2)n1. The lowest BCUT2D eigenvalue weighted by molar-refractivity contribution is 0.119. The molecule has 2 rings (SSSR count). The van der Waals surface area contributed by atoms with E-state index in [0.717, 1.165) is 16.5 Å². The van der Waals surface area contributed by atoms with Crippen molar-refractivity contribution in [3.63, 3.8) is 0 Å². The molecule has 0 N–H and O–H groups in total. The molecule has 0 bridgehead atoms. The molecule has 21 heavy (non-hydrogen) atoms. The van der Waals surface area contributed by atoms with Crippen LogP contribution in [-0.2, 0) is 11.3 Å². The second-order valence-corrected chi connectivity index (χ2v) is 5.45. The molecule has 7 heteroatoms. The van der Waals surface area contributed by atoms with Crippen LogP contribution >= 0.6 is 11.3 Å². The molecule has 0 saturated heterocycles. The zero-order chi connectivity index (χ0) is 15.2. The molecule has 2 heterocycles.